The molecule has 6 nitrogen and oxygen atoms in total. The Hall–Kier alpha value is -0.140. The molecule has 0 bridgehead atoms. The second-order valence-corrected chi connectivity index (χ2v) is 1.62. The topological polar surface area (TPSA) is 127 Å². The summed E-state index contributed by atoms with van der Waals surface area (Å²) in [7, 11) is 0. The standard InChI is InChI=1S/C2H8N2.2C2H4O2.Na.H/c3-1-2-4;2*1-2(3)4;;/h1-4H2;2*1H3,(H,3,4);;. The molecule has 0 heterocycles. The van der Waals surface area contributed by atoms with E-state index in [4.69, 9.17) is 31.3 Å². The zero-order valence-corrected chi connectivity index (χ0v) is 7.28. The second-order valence-electron chi connectivity index (χ2n) is 1.62. The Labute approximate surface area is 99.6 Å². The molecular formula is C6H17N2NaO4. The summed E-state index contributed by atoms with van der Waals surface area (Å²) in [6.45, 7) is 3.36. The molecule has 0 spiro atoms. The number of aliphatic carboxylic acids is 2. The Kier molecular flexibility index (Phi) is 40.1. The summed E-state index contributed by atoms with van der Waals surface area (Å²) in [4.78, 5) is 18.0. The molecule has 0 aliphatic carbocycles. The Bertz CT molecular complexity index is 99.2. The SMILES string of the molecule is CC(=O)O.CC(=O)O.NCCN.[NaH]. The van der Waals surface area contributed by atoms with Crippen LogP contribution in [0.4, 0.5) is 0 Å². The van der Waals surface area contributed by atoms with Crippen molar-refractivity contribution in [2.45, 2.75) is 13.8 Å². The molecule has 0 unspecified atom stereocenters. The number of carboxylic acid groups (broad SMARTS) is 2. The number of carboxylic acids is 2. The summed E-state index contributed by atoms with van der Waals surface area (Å²) in [6.07, 6.45) is 0. The summed E-state index contributed by atoms with van der Waals surface area (Å²) in [5, 5.41) is 14.8. The third-order valence-corrected chi connectivity index (χ3v) is 0.167. The van der Waals surface area contributed by atoms with Crippen LogP contribution in [-0.4, -0.2) is 64.8 Å². The molecule has 0 saturated carbocycles. The fourth-order valence-electron chi connectivity index (χ4n) is 0. The van der Waals surface area contributed by atoms with Crippen molar-refractivity contribution in [2.24, 2.45) is 11.5 Å². The first-order valence-electron chi connectivity index (χ1n) is 3.17. The van der Waals surface area contributed by atoms with Gasteiger partial charge in [-0.2, -0.15) is 0 Å². The molecule has 76 valence electrons. The minimum atomic E-state index is -0.833. The van der Waals surface area contributed by atoms with Gasteiger partial charge in [0.1, 0.15) is 0 Å². The van der Waals surface area contributed by atoms with Crippen LogP contribution >= 0.6 is 0 Å². The predicted molar refractivity (Wildman–Crippen MR) is 51.9 cm³/mol. The molecule has 0 atom stereocenters. The van der Waals surface area contributed by atoms with Crippen LogP contribution < -0.4 is 11.5 Å². The molecule has 13 heavy (non-hydrogen) atoms. The van der Waals surface area contributed by atoms with Crippen molar-refractivity contribution in [3.05, 3.63) is 0 Å². The minimum absolute atomic E-state index is 0. The van der Waals surface area contributed by atoms with Crippen molar-refractivity contribution >= 4 is 41.5 Å². The van der Waals surface area contributed by atoms with Crippen molar-refractivity contribution < 1.29 is 19.8 Å². The van der Waals surface area contributed by atoms with Crippen molar-refractivity contribution in [1.29, 1.82) is 0 Å². The predicted octanol–water partition coefficient (Wildman–Crippen LogP) is -1.56. The number of rotatable bonds is 1. The molecule has 0 fully saturated rings. The maximum absolute atomic E-state index is 9.00. The molecule has 0 radical (unpaired) electrons. The molecule has 0 aromatic carbocycles. The fourth-order valence-corrected chi connectivity index (χ4v) is 0. The van der Waals surface area contributed by atoms with Crippen LogP contribution in [0.5, 0.6) is 0 Å². The summed E-state index contributed by atoms with van der Waals surface area (Å²) >= 11 is 0. The first-order chi connectivity index (χ1) is 5.38. The van der Waals surface area contributed by atoms with Crippen LogP contribution in [0.3, 0.4) is 0 Å². The van der Waals surface area contributed by atoms with Crippen molar-refractivity contribution in [3.8, 4) is 0 Å². The Balaban J connectivity index is -0.0000000450. The van der Waals surface area contributed by atoms with E-state index in [1.165, 1.54) is 0 Å². The van der Waals surface area contributed by atoms with Crippen LogP contribution in [0, 0.1) is 0 Å². The average Bonchev–Trinajstić information content (AvgIpc) is 1.85. The quantitative estimate of drug-likeness (QED) is 0.382. The van der Waals surface area contributed by atoms with E-state index in [0.717, 1.165) is 13.8 Å². The van der Waals surface area contributed by atoms with Crippen molar-refractivity contribution in [1.82, 2.24) is 0 Å². The Morgan fingerprint density at radius 1 is 1.00 bits per heavy atom. The van der Waals surface area contributed by atoms with E-state index in [-0.39, 0.29) is 29.6 Å². The van der Waals surface area contributed by atoms with E-state index in [1.807, 2.05) is 0 Å². The van der Waals surface area contributed by atoms with Gasteiger partial charge < -0.3 is 21.7 Å². The van der Waals surface area contributed by atoms with Gasteiger partial charge in [0.25, 0.3) is 11.9 Å². The molecule has 0 saturated heterocycles. The molecule has 7 heteroatoms. The van der Waals surface area contributed by atoms with Gasteiger partial charge in [-0.3, -0.25) is 9.59 Å². The first-order valence-corrected chi connectivity index (χ1v) is 3.17. The molecule has 0 aliphatic heterocycles. The van der Waals surface area contributed by atoms with Gasteiger partial charge in [0, 0.05) is 26.9 Å². The molecule has 0 rings (SSSR count). The van der Waals surface area contributed by atoms with Gasteiger partial charge in [0.2, 0.25) is 0 Å². The van der Waals surface area contributed by atoms with E-state index in [0.29, 0.717) is 13.1 Å². The van der Waals surface area contributed by atoms with Gasteiger partial charge in [-0.1, -0.05) is 0 Å². The Morgan fingerprint density at radius 3 is 1.08 bits per heavy atom. The number of nitrogens with two attached hydrogens (primary N) is 2. The van der Waals surface area contributed by atoms with Crippen LogP contribution in [0.1, 0.15) is 13.8 Å². The fraction of sp³-hybridized carbons (Fsp3) is 0.667. The monoisotopic (exact) mass is 204 g/mol. The molecule has 6 N–H and O–H groups in total. The van der Waals surface area contributed by atoms with E-state index >= 15 is 0 Å². The van der Waals surface area contributed by atoms with Gasteiger partial charge in [-0.25, -0.2) is 0 Å². The molecular weight excluding hydrogens is 187 g/mol. The Morgan fingerprint density at radius 2 is 1.08 bits per heavy atom. The van der Waals surface area contributed by atoms with Gasteiger partial charge >= 0.3 is 29.6 Å². The number of hydrogen-bond donors (Lipinski definition) is 4. The summed E-state index contributed by atoms with van der Waals surface area (Å²) < 4.78 is 0. The van der Waals surface area contributed by atoms with E-state index in [9.17, 15) is 0 Å². The third-order valence-electron chi connectivity index (χ3n) is 0.167. The average molecular weight is 204 g/mol. The molecule has 0 aliphatic rings. The van der Waals surface area contributed by atoms with Crippen LogP contribution in [0.2, 0.25) is 0 Å². The molecule has 0 aromatic rings. The molecule has 0 amide bonds. The number of hydrogen-bond acceptors (Lipinski definition) is 4. The van der Waals surface area contributed by atoms with Gasteiger partial charge in [0.05, 0.1) is 0 Å². The summed E-state index contributed by atoms with van der Waals surface area (Å²) in [5.41, 5.74) is 9.81. The van der Waals surface area contributed by atoms with Gasteiger partial charge in [0.15, 0.2) is 0 Å². The van der Waals surface area contributed by atoms with E-state index in [2.05, 4.69) is 0 Å². The van der Waals surface area contributed by atoms with E-state index in [1.54, 1.807) is 0 Å². The van der Waals surface area contributed by atoms with Crippen LogP contribution in [-0.2, 0) is 9.59 Å². The third kappa shape index (κ3) is 1560. The summed E-state index contributed by atoms with van der Waals surface area (Å²) in [6, 6.07) is 0. The van der Waals surface area contributed by atoms with Gasteiger partial charge in [-0.15, -0.1) is 0 Å². The zero-order chi connectivity index (χ0) is 10.6. The second kappa shape index (κ2) is 22.6. The molecule has 0 aromatic heterocycles. The van der Waals surface area contributed by atoms with E-state index < -0.39 is 11.9 Å². The zero-order valence-electron chi connectivity index (χ0n) is 7.28. The maximum atomic E-state index is 9.00. The first kappa shape index (κ1) is 23.0. The van der Waals surface area contributed by atoms with Crippen LogP contribution in [0.25, 0.3) is 0 Å². The van der Waals surface area contributed by atoms with Gasteiger partial charge in [-0.05, 0) is 0 Å². The van der Waals surface area contributed by atoms with Crippen molar-refractivity contribution in [2.75, 3.05) is 13.1 Å². The van der Waals surface area contributed by atoms with Crippen molar-refractivity contribution in [3.63, 3.8) is 0 Å². The normalized spacial score (nSPS) is 6.15. The summed E-state index contributed by atoms with van der Waals surface area (Å²) in [5.74, 6) is -1.67. The number of carbonyl (C=O) groups is 2. The van der Waals surface area contributed by atoms with Crippen LogP contribution in [0.15, 0.2) is 0 Å².